The molecule has 0 spiro atoms. The lowest BCUT2D eigenvalue weighted by molar-refractivity contribution is 0.0697. The Hall–Kier alpha value is -2.89. The van der Waals surface area contributed by atoms with Crippen LogP contribution in [-0.2, 0) is 6.42 Å². The summed E-state index contributed by atoms with van der Waals surface area (Å²) in [5.41, 5.74) is 2.20. The predicted octanol–water partition coefficient (Wildman–Crippen LogP) is 2.08. The lowest BCUT2D eigenvalue weighted by atomic mass is 10.1. The summed E-state index contributed by atoms with van der Waals surface area (Å²) in [7, 11) is 0. The van der Waals surface area contributed by atoms with Crippen molar-refractivity contribution in [3.63, 3.8) is 0 Å². The third-order valence-corrected chi connectivity index (χ3v) is 3.20. The molecule has 0 saturated carbocycles. The van der Waals surface area contributed by atoms with Gasteiger partial charge in [-0.05, 0) is 30.2 Å². The van der Waals surface area contributed by atoms with Crippen LogP contribution in [0.1, 0.15) is 15.9 Å². The van der Waals surface area contributed by atoms with Crippen molar-refractivity contribution in [3.05, 3.63) is 60.0 Å². The molecule has 2 N–H and O–H groups in total. The van der Waals surface area contributed by atoms with Gasteiger partial charge in [-0.1, -0.05) is 12.1 Å². The van der Waals surface area contributed by atoms with Crippen LogP contribution in [0.4, 0.5) is 5.82 Å². The molecule has 0 amide bonds. The number of aromatic nitrogens is 3. The van der Waals surface area contributed by atoms with Crippen molar-refractivity contribution in [1.29, 1.82) is 0 Å². The van der Waals surface area contributed by atoms with E-state index in [-0.39, 0.29) is 0 Å². The molecule has 0 aliphatic carbocycles. The van der Waals surface area contributed by atoms with Crippen LogP contribution in [0.3, 0.4) is 0 Å². The first-order valence-corrected chi connectivity index (χ1v) is 6.58. The number of hydrogen-bond acceptors (Lipinski definition) is 4. The maximum atomic E-state index is 10.9. The quantitative estimate of drug-likeness (QED) is 0.749. The SMILES string of the molecule is O=C(O)c1cccc(CCNc2nccn3nccc23)c1. The van der Waals surface area contributed by atoms with Crippen molar-refractivity contribution in [2.24, 2.45) is 0 Å². The van der Waals surface area contributed by atoms with Crippen LogP contribution in [0.5, 0.6) is 0 Å². The fourth-order valence-corrected chi connectivity index (χ4v) is 2.18. The Bertz CT molecular complexity index is 782. The van der Waals surface area contributed by atoms with Crippen LogP contribution in [0.25, 0.3) is 5.52 Å². The van der Waals surface area contributed by atoms with Crippen molar-refractivity contribution >= 4 is 17.3 Å². The van der Waals surface area contributed by atoms with Crippen LogP contribution in [0.15, 0.2) is 48.9 Å². The molecule has 0 bridgehead atoms. The van der Waals surface area contributed by atoms with Gasteiger partial charge >= 0.3 is 5.97 Å². The largest absolute Gasteiger partial charge is 0.478 e. The minimum Gasteiger partial charge on any atom is -0.478 e. The van der Waals surface area contributed by atoms with Gasteiger partial charge < -0.3 is 10.4 Å². The summed E-state index contributed by atoms with van der Waals surface area (Å²) in [5.74, 6) is -0.139. The average Bonchev–Trinajstić information content (AvgIpc) is 2.97. The van der Waals surface area contributed by atoms with Gasteiger partial charge in [-0.2, -0.15) is 5.10 Å². The lowest BCUT2D eigenvalue weighted by Gasteiger charge is -2.07. The van der Waals surface area contributed by atoms with E-state index in [4.69, 9.17) is 5.11 Å². The molecular weight excluding hydrogens is 268 g/mol. The molecule has 2 aromatic heterocycles. The fraction of sp³-hybridized carbons (Fsp3) is 0.133. The van der Waals surface area contributed by atoms with Crippen molar-refractivity contribution < 1.29 is 9.90 Å². The van der Waals surface area contributed by atoms with E-state index >= 15 is 0 Å². The second kappa shape index (κ2) is 5.62. The van der Waals surface area contributed by atoms with E-state index in [0.717, 1.165) is 23.3 Å². The number of rotatable bonds is 5. The molecule has 1 aromatic carbocycles. The van der Waals surface area contributed by atoms with Crippen molar-refractivity contribution in [2.45, 2.75) is 6.42 Å². The van der Waals surface area contributed by atoms with E-state index in [1.54, 1.807) is 41.3 Å². The zero-order valence-electron chi connectivity index (χ0n) is 11.2. The molecule has 0 aliphatic heterocycles. The molecule has 0 unspecified atom stereocenters. The second-order valence-corrected chi connectivity index (χ2v) is 4.62. The summed E-state index contributed by atoms with van der Waals surface area (Å²) in [5, 5.41) is 16.4. The minimum atomic E-state index is -0.907. The molecule has 3 aromatic rings. The van der Waals surface area contributed by atoms with E-state index in [1.807, 2.05) is 12.1 Å². The number of hydrogen-bond donors (Lipinski definition) is 2. The second-order valence-electron chi connectivity index (χ2n) is 4.62. The van der Waals surface area contributed by atoms with Crippen LogP contribution in [0, 0.1) is 0 Å². The number of fused-ring (bicyclic) bond motifs is 1. The first kappa shape index (κ1) is 13.1. The van der Waals surface area contributed by atoms with E-state index in [9.17, 15) is 4.79 Å². The molecule has 0 fully saturated rings. The lowest BCUT2D eigenvalue weighted by Crippen LogP contribution is -2.08. The third-order valence-electron chi connectivity index (χ3n) is 3.20. The number of benzene rings is 1. The van der Waals surface area contributed by atoms with E-state index < -0.39 is 5.97 Å². The number of carbonyl (C=O) groups is 1. The normalized spacial score (nSPS) is 10.7. The van der Waals surface area contributed by atoms with E-state index in [2.05, 4.69) is 15.4 Å². The van der Waals surface area contributed by atoms with Gasteiger partial charge in [0.25, 0.3) is 0 Å². The Morgan fingerprint density at radius 3 is 3.05 bits per heavy atom. The molecular formula is C15H14N4O2. The molecule has 0 atom stereocenters. The summed E-state index contributed by atoms with van der Waals surface area (Å²) in [6, 6.07) is 8.85. The number of carboxylic acid groups (broad SMARTS) is 1. The highest BCUT2D eigenvalue weighted by Gasteiger charge is 2.04. The molecule has 106 valence electrons. The topological polar surface area (TPSA) is 79.5 Å². The Balaban J connectivity index is 1.67. The highest BCUT2D eigenvalue weighted by atomic mass is 16.4. The van der Waals surface area contributed by atoms with Crippen molar-refractivity contribution in [2.75, 3.05) is 11.9 Å². The zero-order valence-corrected chi connectivity index (χ0v) is 11.2. The highest BCUT2D eigenvalue weighted by molar-refractivity contribution is 5.87. The fourth-order valence-electron chi connectivity index (χ4n) is 2.18. The van der Waals surface area contributed by atoms with E-state index in [0.29, 0.717) is 12.1 Å². The standard InChI is InChI=1S/C15H14N4O2/c20-15(21)12-3-1-2-11(10-12)4-6-16-14-13-5-7-18-19(13)9-8-17-14/h1-3,5,7-10H,4,6H2,(H,16,17)(H,20,21). The molecule has 0 saturated heterocycles. The Morgan fingerprint density at radius 1 is 1.29 bits per heavy atom. The van der Waals surface area contributed by atoms with Crippen molar-refractivity contribution in [1.82, 2.24) is 14.6 Å². The van der Waals surface area contributed by atoms with Crippen LogP contribution >= 0.6 is 0 Å². The Kier molecular flexibility index (Phi) is 3.51. The summed E-state index contributed by atoms with van der Waals surface area (Å²) in [6.45, 7) is 0.668. The molecule has 6 nitrogen and oxygen atoms in total. The van der Waals surface area contributed by atoms with Crippen LogP contribution in [-0.4, -0.2) is 32.2 Å². The van der Waals surface area contributed by atoms with Crippen LogP contribution < -0.4 is 5.32 Å². The summed E-state index contributed by atoms with van der Waals surface area (Å²) >= 11 is 0. The number of nitrogens with zero attached hydrogens (tertiary/aromatic N) is 3. The summed E-state index contributed by atoms with van der Waals surface area (Å²) < 4.78 is 1.75. The molecule has 21 heavy (non-hydrogen) atoms. The third kappa shape index (κ3) is 2.84. The average molecular weight is 282 g/mol. The van der Waals surface area contributed by atoms with Gasteiger partial charge in [0.2, 0.25) is 0 Å². The minimum absolute atomic E-state index is 0.309. The monoisotopic (exact) mass is 282 g/mol. The first-order chi connectivity index (χ1) is 10.2. The maximum Gasteiger partial charge on any atom is 0.335 e. The smallest absolute Gasteiger partial charge is 0.335 e. The van der Waals surface area contributed by atoms with Gasteiger partial charge in [0.05, 0.1) is 11.8 Å². The summed E-state index contributed by atoms with van der Waals surface area (Å²) in [6.07, 6.45) is 5.92. The van der Waals surface area contributed by atoms with Gasteiger partial charge in [0, 0.05) is 18.9 Å². The predicted molar refractivity (Wildman–Crippen MR) is 78.6 cm³/mol. The van der Waals surface area contributed by atoms with Gasteiger partial charge in [0.15, 0.2) is 5.82 Å². The van der Waals surface area contributed by atoms with Gasteiger partial charge in [-0.15, -0.1) is 0 Å². The molecule has 2 heterocycles. The molecule has 0 radical (unpaired) electrons. The number of carboxylic acids is 1. The molecule has 6 heteroatoms. The van der Waals surface area contributed by atoms with Gasteiger partial charge in [0.1, 0.15) is 5.52 Å². The number of anilines is 1. The van der Waals surface area contributed by atoms with E-state index in [1.165, 1.54) is 0 Å². The Morgan fingerprint density at radius 2 is 2.19 bits per heavy atom. The summed E-state index contributed by atoms with van der Waals surface area (Å²) in [4.78, 5) is 15.2. The van der Waals surface area contributed by atoms with Gasteiger partial charge in [-0.3, -0.25) is 0 Å². The molecule has 0 aliphatic rings. The van der Waals surface area contributed by atoms with Crippen LogP contribution in [0.2, 0.25) is 0 Å². The first-order valence-electron chi connectivity index (χ1n) is 6.58. The number of nitrogens with one attached hydrogen (secondary N) is 1. The van der Waals surface area contributed by atoms with Gasteiger partial charge in [-0.25, -0.2) is 14.3 Å². The van der Waals surface area contributed by atoms with Crippen molar-refractivity contribution in [3.8, 4) is 0 Å². The highest BCUT2D eigenvalue weighted by Crippen LogP contribution is 2.12. The molecule has 3 rings (SSSR count). The zero-order chi connectivity index (χ0) is 14.7. The number of aromatic carboxylic acids is 1. The maximum absolute atomic E-state index is 10.9. The Labute approximate surface area is 121 Å².